The first-order chi connectivity index (χ1) is 12.6. The standard InChI is InChI=1S/C19H15N3O4/c20-10-13-5-4-8-15(9-13)18(24)21-16(14-6-2-1-3-7-14)11-22-17(23)12-26-19(22)25/h1-9,16H,11-12H2,(H,21,24)/t16-/m1/s1. The molecule has 0 unspecified atom stereocenters. The maximum Gasteiger partial charge on any atom is 0.417 e. The number of nitrogens with one attached hydrogen (secondary N) is 1. The minimum absolute atomic E-state index is 0.0363. The molecule has 1 aliphatic rings. The van der Waals surface area contributed by atoms with Crippen LogP contribution >= 0.6 is 0 Å². The van der Waals surface area contributed by atoms with Crippen LogP contribution < -0.4 is 5.32 Å². The quantitative estimate of drug-likeness (QED) is 0.890. The van der Waals surface area contributed by atoms with E-state index in [0.717, 1.165) is 10.5 Å². The fourth-order valence-electron chi connectivity index (χ4n) is 2.63. The van der Waals surface area contributed by atoms with E-state index in [1.807, 2.05) is 12.1 Å². The number of ether oxygens (including phenoxy) is 1. The van der Waals surface area contributed by atoms with Crippen molar-refractivity contribution in [2.45, 2.75) is 6.04 Å². The van der Waals surface area contributed by atoms with E-state index >= 15 is 0 Å². The van der Waals surface area contributed by atoms with Gasteiger partial charge in [0.2, 0.25) is 0 Å². The molecular weight excluding hydrogens is 334 g/mol. The number of nitrogens with zero attached hydrogens (tertiary/aromatic N) is 2. The molecule has 0 aliphatic carbocycles. The molecule has 1 heterocycles. The first-order valence-electron chi connectivity index (χ1n) is 7.91. The molecule has 1 aliphatic heterocycles. The number of carbonyl (C=O) groups is 3. The number of imide groups is 1. The van der Waals surface area contributed by atoms with Gasteiger partial charge in [0.15, 0.2) is 6.61 Å². The zero-order valence-corrected chi connectivity index (χ0v) is 13.7. The van der Waals surface area contributed by atoms with Gasteiger partial charge < -0.3 is 10.1 Å². The number of hydrogen-bond donors (Lipinski definition) is 1. The van der Waals surface area contributed by atoms with Crippen LogP contribution in [0.1, 0.15) is 27.5 Å². The van der Waals surface area contributed by atoms with Crippen molar-refractivity contribution >= 4 is 17.9 Å². The Hall–Kier alpha value is -3.66. The average Bonchev–Trinajstić information content (AvgIpc) is 3.00. The van der Waals surface area contributed by atoms with Gasteiger partial charge in [0, 0.05) is 5.56 Å². The molecule has 2 aromatic carbocycles. The fourth-order valence-corrected chi connectivity index (χ4v) is 2.63. The summed E-state index contributed by atoms with van der Waals surface area (Å²) in [5.41, 5.74) is 1.43. The molecule has 7 heteroatoms. The van der Waals surface area contributed by atoms with Gasteiger partial charge in [-0.3, -0.25) is 9.59 Å². The summed E-state index contributed by atoms with van der Waals surface area (Å²) in [7, 11) is 0. The van der Waals surface area contributed by atoms with Crippen molar-refractivity contribution in [2.24, 2.45) is 0 Å². The Morgan fingerprint density at radius 1 is 1.19 bits per heavy atom. The van der Waals surface area contributed by atoms with Crippen molar-refractivity contribution in [2.75, 3.05) is 13.2 Å². The summed E-state index contributed by atoms with van der Waals surface area (Å²) in [4.78, 5) is 37.1. The molecule has 7 nitrogen and oxygen atoms in total. The number of cyclic esters (lactones) is 1. The Balaban J connectivity index is 1.84. The van der Waals surface area contributed by atoms with Gasteiger partial charge in [0.1, 0.15) is 0 Å². The van der Waals surface area contributed by atoms with E-state index in [-0.39, 0.29) is 13.2 Å². The van der Waals surface area contributed by atoms with Crippen molar-refractivity contribution in [1.82, 2.24) is 10.2 Å². The minimum Gasteiger partial charge on any atom is -0.439 e. The summed E-state index contributed by atoms with van der Waals surface area (Å²) in [5.74, 6) is -0.854. The maximum atomic E-state index is 12.6. The lowest BCUT2D eigenvalue weighted by Crippen LogP contribution is -2.40. The van der Waals surface area contributed by atoms with Crippen molar-refractivity contribution in [3.63, 3.8) is 0 Å². The van der Waals surface area contributed by atoms with Crippen LogP contribution in [0.2, 0.25) is 0 Å². The fraction of sp³-hybridized carbons (Fsp3) is 0.158. The lowest BCUT2D eigenvalue weighted by atomic mass is 10.0. The smallest absolute Gasteiger partial charge is 0.417 e. The van der Waals surface area contributed by atoms with E-state index in [9.17, 15) is 14.4 Å². The second-order valence-corrected chi connectivity index (χ2v) is 5.69. The van der Waals surface area contributed by atoms with Gasteiger partial charge in [-0.25, -0.2) is 9.69 Å². The normalized spacial score (nSPS) is 14.5. The van der Waals surface area contributed by atoms with E-state index in [4.69, 9.17) is 10.00 Å². The van der Waals surface area contributed by atoms with Crippen LogP contribution in [0.25, 0.3) is 0 Å². The van der Waals surface area contributed by atoms with Gasteiger partial charge in [-0.05, 0) is 23.8 Å². The molecule has 1 saturated heterocycles. The molecular formula is C19H15N3O4. The number of hydrogen-bond acceptors (Lipinski definition) is 5. The summed E-state index contributed by atoms with van der Waals surface area (Å²) in [6.45, 7) is -0.329. The topological polar surface area (TPSA) is 99.5 Å². The predicted molar refractivity (Wildman–Crippen MR) is 90.9 cm³/mol. The van der Waals surface area contributed by atoms with Crippen LogP contribution in [0, 0.1) is 11.3 Å². The Morgan fingerprint density at radius 2 is 1.96 bits per heavy atom. The molecule has 1 N–H and O–H groups in total. The first kappa shape index (κ1) is 17.2. The van der Waals surface area contributed by atoms with Gasteiger partial charge in [-0.2, -0.15) is 5.26 Å². The summed E-state index contributed by atoms with van der Waals surface area (Å²) >= 11 is 0. The zero-order chi connectivity index (χ0) is 18.5. The molecule has 3 rings (SSSR count). The third-order valence-electron chi connectivity index (χ3n) is 3.97. The number of amides is 3. The molecule has 1 fully saturated rings. The summed E-state index contributed by atoms with van der Waals surface area (Å²) in [5, 5.41) is 11.8. The van der Waals surface area contributed by atoms with Crippen LogP contribution in [-0.4, -0.2) is 36.0 Å². The van der Waals surface area contributed by atoms with E-state index < -0.39 is 23.9 Å². The molecule has 26 heavy (non-hydrogen) atoms. The number of rotatable bonds is 5. The SMILES string of the molecule is N#Cc1cccc(C(=O)N[C@H](CN2C(=O)COC2=O)c2ccccc2)c1. The van der Waals surface area contributed by atoms with Crippen molar-refractivity contribution in [3.8, 4) is 6.07 Å². The third kappa shape index (κ3) is 3.70. The molecule has 0 radical (unpaired) electrons. The molecule has 0 spiro atoms. The van der Waals surface area contributed by atoms with E-state index in [2.05, 4.69) is 5.32 Å². The lowest BCUT2D eigenvalue weighted by molar-refractivity contribution is -0.126. The maximum absolute atomic E-state index is 12.6. The second-order valence-electron chi connectivity index (χ2n) is 5.69. The zero-order valence-electron chi connectivity index (χ0n) is 13.7. The number of carbonyl (C=O) groups excluding carboxylic acids is 3. The summed E-state index contributed by atoms with van der Waals surface area (Å²) < 4.78 is 4.72. The van der Waals surface area contributed by atoms with Gasteiger partial charge in [0.05, 0.1) is 24.2 Å². The van der Waals surface area contributed by atoms with Crippen LogP contribution in [0.4, 0.5) is 4.79 Å². The Morgan fingerprint density at radius 3 is 2.62 bits per heavy atom. The first-order valence-corrected chi connectivity index (χ1v) is 7.91. The highest BCUT2D eigenvalue weighted by atomic mass is 16.6. The molecule has 130 valence electrons. The third-order valence-corrected chi connectivity index (χ3v) is 3.97. The lowest BCUT2D eigenvalue weighted by Gasteiger charge is -2.23. The van der Waals surface area contributed by atoms with Crippen molar-refractivity contribution in [3.05, 3.63) is 71.3 Å². The highest BCUT2D eigenvalue weighted by Crippen LogP contribution is 2.18. The van der Waals surface area contributed by atoms with Gasteiger partial charge >= 0.3 is 6.09 Å². The monoisotopic (exact) mass is 349 g/mol. The molecule has 0 saturated carbocycles. The molecule has 0 aromatic heterocycles. The Labute approximate surface area is 149 Å². The Kier molecular flexibility index (Phi) is 4.94. The van der Waals surface area contributed by atoms with Gasteiger partial charge in [-0.1, -0.05) is 36.4 Å². The van der Waals surface area contributed by atoms with Gasteiger partial charge in [-0.15, -0.1) is 0 Å². The number of nitriles is 1. The highest BCUT2D eigenvalue weighted by Gasteiger charge is 2.33. The van der Waals surface area contributed by atoms with Crippen molar-refractivity contribution < 1.29 is 19.1 Å². The highest BCUT2D eigenvalue weighted by molar-refractivity contribution is 5.98. The van der Waals surface area contributed by atoms with Gasteiger partial charge in [0.25, 0.3) is 11.8 Å². The van der Waals surface area contributed by atoms with E-state index in [1.165, 1.54) is 6.07 Å². The minimum atomic E-state index is -0.725. The molecule has 3 amide bonds. The summed E-state index contributed by atoms with van der Waals surface area (Å²) in [6.07, 6.45) is -0.725. The van der Waals surface area contributed by atoms with Crippen LogP contribution in [0.3, 0.4) is 0 Å². The predicted octanol–water partition coefficient (Wildman–Crippen LogP) is 2.01. The Bertz CT molecular complexity index is 873. The summed E-state index contributed by atoms with van der Waals surface area (Å²) in [6, 6.07) is 16.7. The number of benzene rings is 2. The molecule has 1 atom stereocenters. The van der Waals surface area contributed by atoms with E-state index in [1.54, 1.807) is 42.5 Å². The largest absolute Gasteiger partial charge is 0.439 e. The second kappa shape index (κ2) is 7.49. The molecule has 2 aromatic rings. The average molecular weight is 349 g/mol. The van der Waals surface area contributed by atoms with Crippen LogP contribution in [-0.2, 0) is 9.53 Å². The van der Waals surface area contributed by atoms with E-state index in [0.29, 0.717) is 11.1 Å². The molecule has 0 bridgehead atoms. The van der Waals surface area contributed by atoms with Crippen LogP contribution in [0.15, 0.2) is 54.6 Å². The van der Waals surface area contributed by atoms with Crippen LogP contribution in [0.5, 0.6) is 0 Å². The van der Waals surface area contributed by atoms with Crippen molar-refractivity contribution in [1.29, 1.82) is 5.26 Å².